The second kappa shape index (κ2) is 4.10. The first-order valence-electron chi connectivity index (χ1n) is 6.87. The van der Waals surface area contributed by atoms with Crippen molar-refractivity contribution in [2.45, 2.75) is 30.6 Å². The van der Waals surface area contributed by atoms with Gasteiger partial charge in [0, 0.05) is 13.0 Å². The average Bonchev–Trinajstić information content (AvgIpc) is 2.81. The maximum absolute atomic E-state index is 6.24. The Morgan fingerprint density at radius 3 is 2.95 bits per heavy atom. The minimum absolute atomic E-state index is 0.300. The summed E-state index contributed by atoms with van der Waals surface area (Å²) in [4.78, 5) is 10.2. The number of guanidine groups is 1. The first kappa shape index (κ1) is 12.0. The molecule has 2 unspecified atom stereocenters. The topological polar surface area (TPSA) is 78.1 Å². The van der Waals surface area contributed by atoms with E-state index in [4.69, 9.17) is 20.0 Å². The third-order valence-electron chi connectivity index (χ3n) is 4.11. The van der Waals surface area contributed by atoms with Crippen LogP contribution < -0.4 is 16.0 Å². The summed E-state index contributed by atoms with van der Waals surface area (Å²) < 4.78 is 11.9. The maximum Gasteiger partial charge on any atom is 0.221 e. The summed E-state index contributed by atoms with van der Waals surface area (Å²) in [5.74, 6) is 1.10. The number of nitrogens with zero attached hydrogens (tertiary/aromatic N) is 1. The summed E-state index contributed by atoms with van der Waals surface area (Å²) in [7, 11) is 0. The highest BCUT2D eigenvalue weighted by molar-refractivity contribution is 5.78. The molecule has 2 atom stereocenters. The highest BCUT2D eigenvalue weighted by Crippen LogP contribution is 2.49. The molecule has 1 fully saturated rings. The average molecular weight is 275 g/mol. The molecule has 0 saturated carbocycles. The van der Waals surface area contributed by atoms with Crippen molar-refractivity contribution >= 4 is 5.96 Å². The van der Waals surface area contributed by atoms with Gasteiger partial charge in [-0.3, -0.25) is 0 Å². The van der Waals surface area contributed by atoms with Gasteiger partial charge in [0.2, 0.25) is 11.7 Å². The Morgan fingerprint density at radius 2 is 2.20 bits per heavy atom. The molecule has 2 spiro atoms. The summed E-state index contributed by atoms with van der Waals surface area (Å²) in [6.45, 7) is 1.34. The Kier molecular flexibility index (Phi) is 2.46. The summed E-state index contributed by atoms with van der Waals surface area (Å²) >= 11 is 0. The third kappa shape index (κ3) is 1.68. The second-order valence-electron chi connectivity index (χ2n) is 5.60. The quantitative estimate of drug-likeness (QED) is 0.739. The predicted molar refractivity (Wildman–Crippen MR) is 72.0 cm³/mol. The van der Waals surface area contributed by atoms with E-state index < -0.39 is 5.72 Å². The van der Waals surface area contributed by atoms with Crippen LogP contribution in [-0.2, 0) is 15.3 Å². The SMILES string of the molecule is NC1=NC2(CC3(CCCOC3)Oc3ccccc32)ON1. The van der Waals surface area contributed by atoms with Gasteiger partial charge in [0.1, 0.15) is 11.4 Å². The number of nitrogens with one attached hydrogen (secondary N) is 1. The molecule has 3 aliphatic heterocycles. The maximum atomic E-state index is 6.24. The van der Waals surface area contributed by atoms with Crippen molar-refractivity contribution < 1.29 is 14.3 Å². The monoisotopic (exact) mass is 275 g/mol. The molecule has 3 aliphatic rings. The van der Waals surface area contributed by atoms with E-state index in [9.17, 15) is 0 Å². The number of ether oxygens (including phenoxy) is 2. The fourth-order valence-corrected chi connectivity index (χ4v) is 3.29. The van der Waals surface area contributed by atoms with Gasteiger partial charge in [0.05, 0.1) is 12.2 Å². The van der Waals surface area contributed by atoms with Crippen LogP contribution in [0.3, 0.4) is 0 Å². The molecule has 0 radical (unpaired) electrons. The number of benzene rings is 1. The molecule has 6 heteroatoms. The van der Waals surface area contributed by atoms with E-state index in [1.807, 2.05) is 24.3 Å². The molecule has 4 rings (SSSR count). The molecule has 0 aliphatic carbocycles. The summed E-state index contributed by atoms with van der Waals surface area (Å²) in [6.07, 6.45) is 2.51. The highest BCUT2D eigenvalue weighted by Gasteiger charge is 2.53. The number of hydrogen-bond donors (Lipinski definition) is 2. The Morgan fingerprint density at radius 1 is 1.30 bits per heavy atom. The van der Waals surface area contributed by atoms with Crippen LogP contribution in [0.4, 0.5) is 0 Å². The lowest BCUT2D eigenvalue weighted by atomic mass is 9.81. The molecule has 20 heavy (non-hydrogen) atoms. The zero-order valence-electron chi connectivity index (χ0n) is 11.1. The molecule has 0 amide bonds. The molecule has 3 N–H and O–H groups in total. The molecule has 0 aromatic heterocycles. The number of rotatable bonds is 0. The zero-order valence-corrected chi connectivity index (χ0v) is 11.1. The van der Waals surface area contributed by atoms with Crippen LogP contribution in [0.15, 0.2) is 29.3 Å². The molecule has 106 valence electrons. The molecule has 1 aromatic carbocycles. The Labute approximate surface area is 116 Å². The Hall–Kier alpha value is -1.79. The number of nitrogens with two attached hydrogens (primary N) is 1. The second-order valence-corrected chi connectivity index (χ2v) is 5.60. The van der Waals surface area contributed by atoms with E-state index in [1.165, 1.54) is 0 Å². The summed E-state index contributed by atoms with van der Waals surface area (Å²) in [5.41, 5.74) is 8.15. The van der Waals surface area contributed by atoms with Crippen LogP contribution >= 0.6 is 0 Å². The fourth-order valence-electron chi connectivity index (χ4n) is 3.29. The third-order valence-corrected chi connectivity index (χ3v) is 4.11. The fraction of sp³-hybridized carbons (Fsp3) is 0.500. The van der Waals surface area contributed by atoms with Gasteiger partial charge in [-0.25, -0.2) is 15.3 Å². The van der Waals surface area contributed by atoms with Crippen molar-refractivity contribution in [1.82, 2.24) is 5.48 Å². The first-order valence-corrected chi connectivity index (χ1v) is 6.87. The normalized spacial score (nSPS) is 35.3. The van der Waals surface area contributed by atoms with Crippen molar-refractivity contribution in [3.63, 3.8) is 0 Å². The molecule has 3 heterocycles. The molecular weight excluding hydrogens is 258 g/mol. The Bertz CT molecular complexity index is 569. The summed E-state index contributed by atoms with van der Waals surface area (Å²) in [6, 6.07) is 7.81. The first-order chi connectivity index (χ1) is 9.72. The minimum atomic E-state index is -0.806. The number of aliphatic imine (C=N–C) groups is 1. The number of fused-ring (bicyclic) bond motifs is 2. The minimum Gasteiger partial charge on any atom is -0.484 e. The van der Waals surface area contributed by atoms with Crippen LogP contribution in [-0.4, -0.2) is 24.8 Å². The van der Waals surface area contributed by atoms with Crippen LogP contribution in [0.1, 0.15) is 24.8 Å². The summed E-state index contributed by atoms with van der Waals surface area (Å²) in [5, 5.41) is 0. The van der Waals surface area contributed by atoms with Gasteiger partial charge in [-0.1, -0.05) is 18.2 Å². The van der Waals surface area contributed by atoms with E-state index in [-0.39, 0.29) is 5.60 Å². The van der Waals surface area contributed by atoms with Crippen molar-refractivity contribution in [3.8, 4) is 5.75 Å². The van der Waals surface area contributed by atoms with E-state index >= 15 is 0 Å². The van der Waals surface area contributed by atoms with E-state index in [1.54, 1.807) is 0 Å². The smallest absolute Gasteiger partial charge is 0.221 e. The predicted octanol–water partition coefficient (Wildman–Crippen LogP) is 1.02. The number of para-hydroxylation sites is 1. The van der Waals surface area contributed by atoms with E-state index in [2.05, 4.69) is 10.5 Å². The molecule has 1 saturated heterocycles. The largest absolute Gasteiger partial charge is 0.484 e. The van der Waals surface area contributed by atoms with Crippen LogP contribution in [0.2, 0.25) is 0 Å². The number of hydrogen-bond acceptors (Lipinski definition) is 6. The van der Waals surface area contributed by atoms with E-state index in [0.717, 1.165) is 30.8 Å². The zero-order chi connectivity index (χ0) is 13.6. The van der Waals surface area contributed by atoms with Crippen LogP contribution in [0.25, 0.3) is 0 Å². The van der Waals surface area contributed by atoms with Gasteiger partial charge < -0.3 is 15.2 Å². The van der Waals surface area contributed by atoms with Gasteiger partial charge >= 0.3 is 0 Å². The van der Waals surface area contributed by atoms with Crippen LogP contribution in [0.5, 0.6) is 5.75 Å². The van der Waals surface area contributed by atoms with E-state index in [0.29, 0.717) is 19.0 Å². The van der Waals surface area contributed by atoms with Crippen molar-refractivity contribution in [2.75, 3.05) is 13.2 Å². The highest BCUT2D eigenvalue weighted by atomic mass is 16.7. The lowest BCUT2D eigenvalue weighted by Crippen LogP contribution is -2.53. The molecular formula is C14H17N3O3. The lowest BCUT2D eigenvalue weighted by molar-refractivity contribution is -0.159. The van der Waals surface area contributed by atoms with Gasteiger partial charge in [-0.15, -0.1) is 0 Å². The number of hydroxylamine groups is 1. The molecule has 6 nitrogen and oxygen atoms in total. The standard InChI is InChI=1S/C14H17N3O3/c15-12-16-14(20-17-12)8-13(6-3-7-18-9-13)19-11-5-2-1-4-10(11)14/h1-2,4-5H,3,6-9H2,(H3,15,16,17). The molecule has 0 bridgehead atoms. The van der Waals surface area contributed by atoms with Gasteiger partial charge in [0.15, 0.2) is 0 Å². The Balaban J connectivity index is 1.82. The van der Waals surface area contributed by atoms with Crippen molar-refractivity contribution in [1.29, 1.82) is 0 Å². The van der Waals surface area contributed by atoms with Crippen molar-refractivity contribution in [3.05, 3.63) is 29.8 Å². The van der Waals surface area contributed by atoms with Gasteiger partial charge in [-0.2, -0.15) is 0 Å². The lowest BCUT2D eigenvalue weighted by Gasteiger charge is -2.46. The molecule has 1 aromatic rings. The van der Waals surface area contributed by atoms with Crippen LogP contribution in [0, 0.1) is 0 Å². The van der Waals surface area contributed by atoms with Gasteiger partial charge in [0.25, 0.3) is 0 Å². The van der Waals surface area contributed by atoms with Gasteiger partial charge in [-0.05, 0) is 18.9 Å². The van der Waals surface area contributed by atoms with Crippen molar-refractivity contribution in [2.24, 2.45) is 10.7 Å².